The highest BCUT2D eigenvalue weighted by molar-refractivity contribution is 9.10. The second-order valence-electron chi connectivity index (χ2n) is 7.62. The smallest absolute Gasteiger partial charge is 0.269 e. The van der Waals surface area contributed by atoms with Gasteiger partial charge in [-0.1, -0.05) is 24.3 Å². The maximum atomic E-state index is 12.7. The van der Waals surface area contributed by atoms with Gasteiger partial charge in [-0.15, -0.1) is 0 Å². The molecular weight excluding hydrogens is 514 g/mol. The summed E-state index contributed by atoms with van der Waals surface area (Å²) in [6.07, 6.45) is 1.46. The van der Waals surface area contributed by atoms with E-state index in [0.29, 0.717) is 32.8 Å². The van der Waals surface area contributed by atoms with Crippen molar-refractivity contribution in [1.82, 2.24) is 0 Å². The molecule has 9 heteroatoms. The summed E-state index contributed by atoms with van der Waals surface area (Å²) in [5.41, 5.74) is 3.65. The third-order valence-electron chi connectivity index (χ3n) is 5.29. The lowest BCUT2D eigenvalue weighted by atomic mass is 10.1. The molecule has 3 rings (SSSR count). The van der Waals surface area contributed by atoms with E-state index in [4.69, 9.17) is 9.47 Å². The molecule has 0 bridgehead atoms. The number of rotatable bonds is 8. The fourth-order valence-electron chi connectivity index (χ4n) is 3.27. The van der Waals surface area contributed by atoms with Crippen LogP contribution in [0.25, 0.3) is 6.08 Å². The second kappa shape index (κ2) is 11.3. The number of non-ortho nitro benzene ring substituents is 1. The van der Waals surface area contributed by atoms with E-state index >= 15 is 0 Å². The van der Waals surface area contributed by atoms with Crippen molar-refractivity contribution >= 4 is 39.3 Å². The Kier molecular flexibility index (Phi) is 8.23. The van der Waals surface area contributed by atoms with Gasteiger partial charge in [0.1, 0.15) is 18.2 Å². The number of nitro benzene ring substituents is 1. The van der Waals surface area contributed by atoms with E-state index in [9.17, 15) is 20.2 Å². The minimum atomic E-state index is -0.526. The number of halogens is 1. The Balaban J connectivity index is 1.83. The van der Waals surface area contributed by atoms with Crippen LogP contribution in [0.5, 0.6) is 11.5 Å². The number of hydrogen-bond acceptors (Lipinski definition) is 6. The topological polar surface area (TPSA) is 114 Å². The van der Waals surface area contributed by atoms with E-state index in [2.05, 4.69) is 21.2 Å². The predicted octanol–water partition coefficient (Wildman–Crippen LogP) is 6.11. The lowest BCUT2D eigenvalue weighted by Gasteiger charge is -2.14. The van der Waals surface area contributed by atoms with Gasteiger partial charge >= 0.3 is 0 Å². The summed E-state index contributed by atoms with van der Waals surface area (Å²) < 4.78 is 11.8. The first-order valence-electron chi connectivity index (χ1n) is 10.5. The van der Waals surface area contributed by atoms with Crippen LogP contribution in [0.3, 0.4) is 0 Å². The Labute approximate surface area is 211 Å². The molecule has 1 N–H and O–H groups in total. The average molecular weight is 536 g/mol. The maximum Gasteiger partial charge on any atom is 0.269 e. The Hall–Kier alpha value is -4.16. The van der Waals surface area contributed by atoms with E-state index < -0.39 is 10.8 Å². The van der Waals surface area contributed by atoms with Gasteiger partial charge in [-0.05, 0) is 76.3 Å². The minimum absolute atomic E-state index is 0.0271. The number of carbonyl (C=O) groups is 1. The van der Waals surface area contributed by atoms with E-state index in [1.807, 2.05) is 32.0 Å². The molecule has 178 valence electrons. The highest BCUT2D eigenvalue weighted by Crippen LogP contribution is 2.38. The zero-order valence-electron chi connectivity index (χ0n) is 19.3. The van der Waals surface area contributed by atoms with Crippen LogP contribution in [0.15, 0.2) is 64.6 Å². The third kappa shape index (κ3) is 6.25. The first kappa shape index (κ1) is 25.5. The lowest BCUT2D eigenvalue weighted by Crippen LogP contribution is -2.14. The maximum absolute atomic E-state index is 12.7. The lowest BCUT2D eigenvalue weighted by molar-refractivity contribution is -0.384. The molecule has 3 aromatic carbocycles. The molecule has 0 saturated heterocycles. The Morgan fingerprint density at radius 3 is 2.63 bits per heavy atom. The molecule has 0 fully saturated rings. The Morgan fingerprint density at radius 2 is 1.94 bits per heavy atom. The molecule has 8 nitrogen and oxygen atoms in total. The molecule has 0 heterocycles. The number of nitrogens with zero attached hydrogens (tertiary/aromatic N) is 2. The van der Waals surface area contributed by atoms with Crippen molar-refractivity contribution in [2.75, 3.05) is 12.4 Å². The largest absolute Gasteiger partial charge is 0.493 e. The third-order valence-corrected chi connectivity index (χ3v) is 5.87. The molecule has 0 saturated carbocycles. The van der Waals surface area contributed by atoms with Crippen LogP contribution in [0, 0.1) is 35.3 Å². The van der Waals surface area contributed by atoms with Crippen LogP contribution in [-0.4, -0.2) is 17.9 Å². The highest BCUT2D eigenvalue weighted by atomic mass is 79.9. The van der Waals surface area contributed by atoms with Gasteiger partial charge in [-0.3, -0.25) is 14.9 Å². The number of anilines is 1. The number of carbonyl (C=O) groups excluding carboxylic acids is 1. The van der Waals surface area contributed by atoms with Crippen LogP contribution in [0.2, 0.25) is 0 Å². The molecule has 35 heavy (non-hydrogen) atoms. The van der Waals surface area contributed by atoms with Crippen LogP contribution in [0.4, 0.5) is 11.4 Å². The van der Waals surface area contributed by atoms with E-state index in [1.54, 1.807) is 30.3 Å². The quantitative estimate of drug-likeness (QED) is 0.161. The summed E-state index contributed by atoms with van der Waals surface area (Å²) in [7, 11) is 1.47. The molecular formula is C26H22BrN3O5. The van der Waals surface area contributed by atoms with E-state index in [1.165, 1.54) is 25.3 Å². The fourth-order valence-corrected chi connectivity index (χ4v) is 3.84. The number of nitriles is 1. The molecule has 1 amide bonds. The molecule has 0 radical (unpaired) electrons. The monoisotopic (exact) mass is 535 g/mol. The highest BCUT2D eigenvalue weighted by Gasteiger charge is 2.16. The van der Waals surface area contributed by atoms with Crippen molar-refractivity contribution in [3.8, 4) is 17.6 Å². The molecule has 0 spiro atoms. The average Bonchev–Trinajstić information content (AvgIpc) is 2.84. The van der Waals surface area contributed by atoms with Crippen molar-refractivity contribution in [3.63, 3.8) is 0 Å². The summed E-state index contributed by atoms with van der Waals surface area (Å²) >= 11 is 3.44. The van der Waals surface area contributed by atoms with Gasteiger partial charge in [0.05, 0.1) is 16.5 Å². The zero-order valence-corrected chi connectivity index (χ0v) is 20.9. The Bertz CT molecular complexity index is 1360. The summed E-state index contributed by atoms with van der Waals surface area (Å²) in [6, 6.07) is 17.0. The summed E-state index contributed by atoms with van der Waals surface area (Å²) in [4.78, 5) is 23.3. The number of nitro groups is 1. The number of amides is 1. The Morgan fingerprint density at radius 1 is 1.20 bits per heavy atom. The van der Waals surface area contributed by atoms with Crippen LogP contribution < -0.4 is 14.8 Å². The standard InChI is InChI=1S/C26H22BrN3O5/c1-16-6-4-9-23(17(16)2)29-26(31)20(14-28)10-19-12-22(27)25(24(13-19)34-3)35-15-18-7-5-8-21(11-18)30(32)33/h4-13H,15H2,1-3H3,(H,29,31)/b20-10+. The summed E-state index contributed by atoms with van der Waals surface area (Å²) in [5, 5.41) is 23.4. The van der Waals surface area contributed by atoms with Crippen molar-refractivity contribution in [2.45, 2.75) is 20.5 Å². The molecule has 0 aliphatic heterocycles. The van der Waals surface area contributed by atoms with Crippen molar-refractivity contribution in [2.24, 2.45) is 0 Å². The van der Waals surface area contributed by atoms with Gasteiger partial charge in [0, 0.05) is 17.8 Å². The molecule has 0 aliphatic carbocycles. The molecule has 0 unspecified atom stereocenters. The molecule has 0 aromatic heterocycles. The van der Waals surface area contributed by atoms with Gasteiger partial charge in [0.15, 0.2) is 11.5 Å². The fraction of sp³-hybridized carbons (Fsp3) is 0.154. The van der Waals surface area contributed by atoms with Crippen LogP contribution in [-0.2, 0) is 11.4 Å². The number of ether oxygens (including phenoxy) is 2. The first-order chi connectivity index (χ1) is 16.7. The van der Waals surface area contributed by atoms with Crippen LogP contribution >= 0.6 is 15.9 Å². The normalized spacial score (nSPS) is 10.9. The number of methoxy groups -OCH3 is 1. The zero-order chi connectivity index (χ0) is 25.5. The SMILES string of the molecule is COc1cc(/C=C(\C#N)C(=O)Nc2cccc(C)c2C)cc(Br)c1OCc1cccc([N+](=O)[O-])c1. The summed E-state index contributed by atoms with van der Waals surface area (Å²) in [6.45, 7) is 3.92. The molecule has 0 aliphatic rings. The number of aryl methyl sites for hydroxylation is 1. The minimum Gasteiger partial charge on any atom is -0.493 e. The predicted molar refractivity (Wildman–Crippen MR) is 136 cm³/mol. The van der Waals surface area contributed by atoms with Gasteiger partial charge in [-0.2, -0.15) is 5.26 Å². The van der Waals surface area contributed by atoms with Gasteiger partial charge in [-0.25, -0.2) is 0 Å². The van der Waals surface area contributed by atoms with Crippen molar-refractivity contribution in [1.29, 1.82) is 5.26 Å². The number of benzene rings is 3. The van der Waals surface area contributed by atoms with Gasteiger partial charge in [0.25, 0.3) is 11.6 Å². The van der Waals surface area contributed by atoms with Crippen LogP contribution in [0.1, 0.15) is 22.3 Å². The van der Waals surface area contributed by atoms with Crippen molar-refractivity contribution < 1.29 is 19.2 Å². The van der Waals surface area contributed by atoms with Crippen molar-refractivity contribution in [3.05, 3.63) is 97.0 Å². The van der Waals surface area contributed by atoms with Gasteiger partial charge in [0.2, 0.25) is 0 Å². The van der Waals surface area contributed by atoms with E-state index in [-0.39, 0.29) is 17.9 Å². The number of nitrogens with one attached hydrogen (secondary N) is 1. The summed E-state index contributed by atoms with van der Waals surface area (Å²) in [5.74, 6) is 0.222. The molecule has 0 atom stereocenters. The van der Waals surface area contributed by atoms with E-state index in [0.717, 1.165) is 11.1 Å². The molecule has 3 aromatic rings. The van der Waals surface area contributed by atoms with Gasteiger partial charge < -0.3 is 14.8 Å². The second-order valence-corrected chi connectivity index (χ2v) is 8.48. The number of hydrogen-bond donors (Lipinski definition) is 1. The first-order valence-corrected chi connectivity index (χ1v) is 11.3.